The lowest BCUT2D eigenvalue weighted by molar-refractivity contribution is 0.114. The lowest BCUT2D eigenvalue weighted by atomic mass is 10.1. The number of ether oxygens (including phenoxy) is 1. The molecule has 0 saturated carbocycles. The molecule has 1 aliphatic heterocycles. The number of tetrazole rings is 1. The fraction of sp³-hybridized carbons (Fsp3) is 0.292. The number of anilines is 4. The van der Waals surface area contributed by atoms with Crippen LogP contribution in [0.5, 0.6) is 5.75 Å². The fourth-order valence-electron chi connectivity index (χ4n) is 3.86. The molecule has 4 aromatic rings. The number of para-hydroxylation sites is 1. The van der Waals surface area contributed by atoms with Crippen molar-refractivity contribution < 1.29 is 4.74 Å². The van der Waals surface area contributed by atoms with E-state index in [0.29, 0.717) is 22.6 Å². The molecule has 180 valence electrons. The van der Waals surface area contributed by atoms with Crippen LogP contribution in [0.15, 0.2) is 54.7 Å². The van der Waals surface area contributed by atoms with Crippen LogP contribution in [0, 0.1) is 0 Å². The van der Waals surface area contributed by atoms with Crippen LogP contribution in [0.3, 0.4) is 0 Å². The summed E-state index contributed by atoms with van der Waals surface area (Å²) >= 11 is 6.39. The molecule has 0 aliphatic carbocycles. The van der Waals surface area contributed by atoms with Crippen molar-refractivity contribution in [2.75, 3.05) is 30.8 Å². The van der Waals surface area contributed by atoms with E-state index in [1.54, 1.807) is 13.2 Å². The highest BCUT2D eigenvalue weighted by Gasteiger charge is 2.18. The van der Waals surface area contributed by atoms with Crippen LogP contribution in [0.25, 0.3) is 11.4 Å². The molecule has 0 spiro atoms. The predicted molar refractivity (Wildman–Crippen MR) is 135 cm³/mol. The molecule has 35 heavy (non-hydrogen) atoms. The van der Waals surface area contributed by atoms with Crippen molar-refractivity contribution in [2.24, 2.45) is 7.05 Å². The highest BCUT2D eigenvalue weighted by molar-refractivity contribution is 6.33. The number of aromatic nitrogens is 6. The molecule has 10 nitrogen and oxygen atoms in total. The minimum absolute atomic E-state index is 0.262. The summed E-state index contributed by atoms with van der Waals surface area (Å²) in [6.45, 7) is 2.13. The first-order valence-electron chi connectivity index (χ1n) is 11.4. The van der Waals surface area contributed by atoms with Gasteiger partial charge in [0.15, 0.2) is 5.82 Å². The third kappa shape index (κ3) is 5.67. The van der Waals surface area contributed by atoms with Crippen LogP contribution in [-0.2, 0) is 7.05 Å². The van der Waals surface area contributed by atoms with E-state index < -0.39 is 0 Å². The summed E-state index contributed by atoms with van der Waals surface area (Å²) in [5.74, 6) is 2.24. The number of rotatable bonds is 7. The molecule has 11 heteroatoms. The monoisotopic (exact) mass is 491 g/mol. The van der Waals surface area contributed by atoms with Crippen molar-refractivity contribution in [1.82, 2.24) is 35.1 Å². The number of nitrogens with one attached hydrogen (secondary N) is 2. The van der Waals surface area contributed by atoms with Crippen molar-refractivity contribution in [3.8, 4) is 17.1 Å². The van der Waals surface area contributed by atoms with E-state index >= 15 is 0 Å². The topological polar surface area (TPSA) is 106 Å². The van der Waals surface area contributed by atoms with Crippen molar-refractivity contribution in [3.05, 3.63) is 59.8 Å². The molecule has 3 heterocycles. The van der Waals surface area contributed by atoms with Gasteiger partial charge in [0.25, 0.3) is 0 Å². The van der Waals surface area contributed by atoms with Gasteiger partial charge in [-0.2, -0.15) is 9.78 Å². The van der Waals surface area contributed by atoms with Gasteiger partial charge in [-0.05, 0) is 61.5 Å². The molecular weight excluding hydrogens is 466 g/mol. The van der Waals surface area contributed by atoms with E-state index in [2.05, 4.69) is 48.0 Å². The summed E-state index contributed by atoms with van der Waals surface area (Å²) in [7, 11) is 3.86. The van der Waals surface area contributed by atoms with Crippen LogP contribution in [-0.4, -0.2) is 61.3 Å². The quantitative estimate of drug-likeness (QED) is 0.391. The predicted octanol–water partition coefficient (Wildman–Crippen LogP) is 4.28. The standard InChI is InChI=1S/C24H26ClN9O/c1-33-13-11-18(12-14-33)35-17-9-7-16(8-10-17)27-24-26-15-20(25)23(29-24)28-21-6-4-3-5-19(21)22-30-32-34(2)31-22/h3-10,15,18H,11-14H2,1-2H3,(H2,26,27,28,29). The zero-order valence-corrected chi connectivity index (χ0v) is 20.3. The second kappa shape index (κ2) is 10.2. The number of benzene rings is 2. The Bertz CT molecular complexity index is 1290. The van der Waals surface area contributed by atoms with E-state index in [0.717, 1.165) is 48.6 Å². The lowest BCUT2D eigenvalue weighted by Gasteiger charge is -2.29. The minimum atomic E-state index is 0.262. The summed E-state index contributed by atoms with van der Waals surface area (Å²) in [5.41, 5.74) is 2.38. The van der Waals surface area contributed by atoms with E-state index in [1.807, 2.05) is 48.5 Å². The highest BCUT2D eigenvalue weighted by Crippen LogP contribution is 2.30. The Morgan fingerprint density at radius 2 is 1.77 bits per heavy atom. The van der Waals surface area contributed by atoms with Gasteiger partial charge in [-0.15, -0.1) is 10.2 Å². The molecule has 1 saturated heterocycles. The Morgan fingerprint density at radius 1 is 1.00 bits per heavy atom. The number of halogens is 1. The van der Waals surface area contributed by atoms with Crippen LogP contribution >= 0.6 is 11.6 Å². The van der Waals surface area contributed by atoms with Gasteiger partial charge in [0.2, 0.25) is 11.8 Å². The van der Waals surface area contributed by atoms with E-state index in [4.69, 9.17) is 16.3 Å². The third-order valence-corrected chi connectivity index (χ3v) is 6.03. The Hall–Kier alpha value is -3.76. The average molecular weight is 492 g/mol. The van der Waals surface area contributed by atoms with Gasteiger partial charge in [0.1, 0.15) is 16.9 Å². The minimum Gasteiger partial charge on any atom is -0.490 e. The van der Waals surface area contributed by atoms with Gasteiger partial charge in [-0.1, -0.05) is 23.7 Å². The molecule has 0 radical (unpaired) electrons. The number of hydrogen-bond donors (Lipinski definition) is 2. The Morgan fingerprint density at radius 3 is 2.51 bits per heavy atom. The smallest absolute Gasteiger partial charge is 0.229 e. The fourth-order valence-corrected chi connectivity index (χ4v) is 4.00. The molecule has 1 aliphatic rings. The highest BCUT2D eigenvalue weighted by atomic mass is 35.5. The first-order valence-corrected chi connectivity index (χ1v) is 11.8. The van der Waals surface area contributed by atoms with Crippen molar-refractivity contribution in [3.63, 3.8) is 0 Å². The van der Waals surface area contributed by atoms with Crippen molar-refractivity contribution >= 4 is 34.7 Å². The Balaban J connectivity index is 1.28. The number of nitrogens with zero attached hydrogens (tertiary/aromatic N) is 7. The number of hydrogen-bond acceptors (Lipinski definition) is 9. The zero-order chi connectivity index (χ0) is 24.2. The molecular formula is C24H26ClN9O. The van der Waals surface area contributed by atoms with Crippen molar-refractivity contribution in [2.45, 2.75) is 18.9 Å². The second-order valence-electron chi connectivity index (χ2n) is 8.43. The normalized spacial score (nSPS) is 14.6. The lowest BCUT2D eigenvalue weighted by Crippen LogP contribution is -2.35. The first kappa shape index (κ1) is 23.0. The zero-order valence-electron chi connectivity index (χ0n) is 19.5. The molecule has 0 unspecified atom stereocenters. The van der Waals surface area contributed by atoms with Gasteiger partial charge in [-0.3, -0.25) is 0 Å². The van der Waals surface area contributed by atoms with Gasteiger partial charge in [-0.25, -0.2) is 4.98 Å². The van der Waals surface area contributed by atoms with E-state index in [9.17, 15) is 0 Å². The van der Waals surface area contributed by atoms with Crippen LogP contribution in [0.4, 0.5) is 23.1 Å². The summed E-state index contributed by atoms with van der Waals surface area (Å²) in [5, 5.41) is 19.2. The molecule has 0 amide bonds. The van der Waals surface area contributed by atoms with Crippen LogP contribution < -0.4 is 15.4 Å². The average Bonchev–Trinajstić information content (AvgIpc) is 3.30. The van der Waals surface area contributed by atoms with Crippen molar-refractivity contribution in [1.29, 1.82) is 0 Å². The molecule has 2 N–H and O–H groups in total. The maximum Gasteiger partial charge on any atom is 0.229 e. The number of aryl methyl sites for hydroxylation is 1. The first-order chi connectivity index (χ1) is 17.0. The second-order valence-corrected chi connectivity index (χ2v) is 8.84. The maximum atomic E-state index is 6.39. The molecule has 1 fully saturated rings. The SMILES string of the molecule is CN1CCC(Oc2ccc(Nc3ncc(Cl)c(Nc4ccccc4-c4nnn(C)n4)n3)cc2)CC1. The van der Waals surface area contributed by atoms with Gasteiger partial charge < -0.3 is 20.3 Å². The van der Waals surface area contributed by atoms with Gasteiger partial charge in [0.05, 0.1) is 18.9 Å². The molecule has 2 aromatic carbocycles. The molecule has 0 atom stereocenters. The van der Waals surface area contributed by atoms with E-state index in [1.165, 1.54) is 4.80 Å². The summed E-state index contributed by atoms with van der Waals surface area (Å²) < 4.78 is 6.13. The largest absolute Gasteiger partial charge is 0.490 e. The number of piperidine rings is 1. The summed E-state index contributed by atoms with van der Waals surface area (Å²) in [4.78, 5) is 12.6. The maximum absolute atomic E-state index is 6.39. The summed E-state index contributed by atoms with van der Waals surface area (Å²) in [6.07, 6.45) is 3.90. The Labute approximate surface area is 208 Å². The van der Waals surface area contributed by atoms with Crippen LogP contribution in [0.2, 0.25) is 5.02 Å². The third-order valence-electron chi connectivity index (χ3n) is 5.75. The van der Waals surface area contributed by atoms with Crippen LogP contribution in [0.1, 0.15) is 12.8 Å². The molecule has 0 bridgehead atoms. The Kier molecular flexibility index (Phi) is 6.73. The summed E-state index contributed by atoms with van der Waals surface area (Å²) in [6, 6.07) is 15.4. The molecule has 5 rings (SSSR count). The van der Waals surface area contributed by atoms with Gasteiger partial charge >= 0.3 is 0 Å². The molecule has 2 aromatic heterocycles. The van der Waals surface area contributed by atoms with Gasteiger partial charge in [0, 0.05) is 24.3 Å². The number of likely N-dealkylation sites (tertiary alicyclic amines) is 1. The van der Waals surface area contributed by atoms with E-state index in [-0.39, 0.29) is 6.10 Å².